The Morgan fingerprint density at radius 3 is 2.29 bits per heavy atom. The summed E-state index contributed by atoms with van der Waals surface area (Å²) in [5, 5.41) is 20.8. The highest BCUT2D eigenvalue weighted by Gasteiger charge is 2.44. The molecule has 1 unspecified atom stereocenters. The van der Waals surface area contributed by atoms with Crippen LogP contribution < -0.4 is 0 Å². The Kier molecular flexibility index (Phi) is 3.10. The molecule has 0 N–H and O–H groups in total. The quantitative estimate of drug-likeness (QED) is 0.379. The minimum Gasteiger partial charge on any atom is -0.300 e. The third kappa shape index (κ3) is 2.24. The first-order valence-electron chi connectivity index (χ1n) is 4.31. The summed E-state index contributed by atoms with van der Waals surface area (Å²) in [5.41, 5.74) is 0. The number of hydrogen-bond acceptors (Lipinski definition) is 5. The van der Waals surface area contributed by atoms with E-state index in [2.05, 4.69) is 0 Å². The van der Waals surface area contributed by atoms with Crippen LogP contribution in [0, 0.1) is 26.1 Å². The zero-order valence-corrected chi connectivity index (χ0v) is 7.42. The average Bonchev–Trinajstić information content (AvgIpc) is 2.02. The van der Waals surface area contributed by atoms with Crippen molar-refractivity contribution in [3.05, 3.63) is 20.2 Å². The van der Waals surface area contributed by atoms with Crippen LogP contribution in [0.2, 0.25) is 0 Å². The van der Waals surface area contributed by atoms with Gasteiger partial charge in [-0.05, 0) is 12.8 Å². The maximum absolute atomic E-state index is 11.0. The minimum atomic E-state index is -1.82. The zero-order chi connectivity index (χ0) is 10.7. The van der Waals surface area contributed by atoms with Gasteiger partial charge < -0.3 is 0 Å². The molecule has 14 heavy (non-hydrogen) atoms. The zero-order valence-electron chi connectivity index (χ0n) is 7.42. The summed E-state index contributed by atoms with van der Waals surface area (Å²) in [6.07, 6.45) is -0.565. The van der Waals surface area contributed by atoms with Crippen molar-refractivity contribution in [3.8, 4) is 0 Å². The summed E-state index contributed by atoms with van der Waals surface area (Å²) in [4.78, 5) is 29.9. The van der Waals surface area contributed by atoms with E-state index in [1.807, 2.05) is 0 Å². The summed E-state index contributed by atoms with van der Waals surface area (Å²) in [6.45, 7) is 0. The summed E-state index contributed by atoms with van der Waals surface area (Å²) in [5.74, 6) is -0.851. The van der Waals surface area contributed by atoms with Crippen molar-refractivity contribution < 1.29 is 14.6 Å². The molecule has 1 rings (SSSR count). The summed E-state index contributed by atoms with van der Waals surface area (Å²) in [7, 11) is 0. The number of hydrogen-bond donors (Lipinski definition) is 0. The van der Waals surface area contributed by atoms with Crippen LogP contribution in [0.15, 0.2) is 0 Å². The number of ketones is 1. The van der Waals surface area contributed by atoms with E-state index in [0.717, 1.165) is 0 Å². The van der Waals surface area contributed by atoms with Crippen molar-refractivity contribution >= 4 is 5.78 Å². The molecule has 0 aromatic rings. The molecule has 1 aliphatic carbocycles. The Balaban J connectivity index is 2.72. The standard InChI is InChI=1S/C7H10N2O5/c10-6-3-1-2-5(4-6)7(8(11)12)9(13)14/h5,7H,1-4H2. The Hall–Kier alpha value is -1.53. The van der Waals surface area contributed by atoms with Gasteiger partial charge in [0.25, 0.3) is 0 Å². The first kappa shape index (κ1) is 10.6. The largest absolute Gasteiger partial charge is 0.453 e. The van der Waals surface area contributed by atoms with Crippen LogP contribution >= 0.6 is 0 Å². The number of nitrogens with zero attached hydrogens (tertiary/aromatic N) is 2. The molecule has 7 heteroatoms. The molecule has 0 radical (unpaired) electrons. The van der Waals surface area contributed by atoms with Crippen LogP contribution in [0.25, 0.3) is 0 Å². The summed E-state index contributed by atoms with van der Waals surface area (Å²) in [6, 6.07) is 0. The average molecular weight is 202 g/mol. The fourth-order valence-electron chi connectivity index (χ4n) is 1.73. The molecule has 1 saturated carbocycles. The maximum atomic E-state index is 11.0. The van der Waals surface area contributed by atoms with Gasteiger partial charge in [0.05, 0.1) is 9.85 Å². The van der Waals surface area contributed by atoms with Gasteiger partial charge in [0.15, 0.2) is 0 Å². The lowest BCUT2D eigenvalue weighted by Gasteiger charge is -2.18. The maximum Gasteiger partial charge on any atom is 0.453 e. The number of carbonyl (C=O) groups excluding carboxylic acids is 1. The minimum absolute atomic E-state index is 0.0351. The highest BCUT2D eigenvalue weighted by molar-refractivity contribution is 5.79. The van der Waals surface area contributed by atoms with E-state index in [-0.39, 0.29) is 12.2 Å². The van der Waals surface area contributed by atoms with Gasteiger partial charge in [-0.25, -0.2) is 0 Å². The molecule has 7 nitrogen and oxygen atoms in total. The van der Waals surface area contributed by atoms with Crippen LogP contribution in [0.5, 0.6) is 0 Å². The van der Waals surface area contributed by atoms with Gasteiger partial charge in [-0.15, -0.1) is 0 Å². The van der Waals surface area contributed by atoms with Crippen molar-refractivity contribution in [3.63, 3.8) is 0 Å². The molecule has 1 atom stereocenters. The molecular formula is C7H10N2O5. The van der Waals surface area contributed by atoms with Crippen molar-refractivity contribution in [1.29, 1.82) is 0 Å². The molecule has 0 bridgehead atoms. The molecule has 0 amide bonds. The molecular weight excluding hydrogens is 192 g/mol. The molecule has 0 aromatic heterocycles. The molecule has 1 fully saturated rings. The number of carbonyl (C=O) groups is 1. The SMILES string of the molecule is O=C1CCCC(C([N+](=O)[O-])[N+](=O)[O-])C1. The van der Waals surface area contributed by atoms with E-state index in [9.17, 15) is 25.0 Å². The Bertz CT molecular complexity index is 263. The highest BCUT2D eigenvalue weighted by atomic mass is 16.7. The second kappa shape index (κ2) is 4.12. The highest BCUT2D eigenvalue weighted by Crippen LogP contribution is 2.25. The number of rotatable bonds is 3. The van der Waals surface area contributed by atoms with Crippen LogP contribution in [0.1, 0.15) is 25.7 Å². The summed E-state index contributed by atoms with van der Waals surface area (Å²) >= 11 is 0. The predicted octanol–water partition coefficient (Wildman–Crippen LogP) is 0.625. The normalized spacial score (nSPS) is 22.4. The van der Waals surface area contributed by atoms with Crippen LogP contribution in [0.3, 0.4) is 0 Å². The Morgan fingerprint density at radius 2 is 1.86 bits per heavy atom. The predicted molar refractivity (Wildman–Crippen MR) is 44.7 cm³/mol. The van der Waals surface area contributed by atoms with Gasteiger partial charge in [0.2, 0.25) is 0 Å². The molecule has 1 aliphatic rings. The third-order valence-corrected chi connectivity index (χ3v) is 2.37. The molecule has 78 valence electrons. The van der Waals surface area contributed by atoms with Gasteiger partial charge in [0.1, 0.15) is 11.7 Å². The van der Waals surface area contributed by atoms with Crippen molar-refractivity contribution in [2.75, 3.05) is 0 Å². The molecule has 0 aromatic carbocycles. The van der Waals surface area contributed by atoms with E-state index in [0.29, 0.717) is 19.3 Å². The van der Waals surface area contributed by atoms with Gasteiger partial charge >= 0.3 is 6.17 Å². The lowest BCUT2D eigenvalue weighted by molar-refractivity contribution is -0.751. The van der Waals surface area contributed by atoms with Gasteiger partial charge in [-0.1, -0.05) is 0 Å². The van der Waals surface area contributed by atoms with Crippen molar-refractivity contribution in [2.45, 2.75) is 31.8 Å². The molecule has 0 heterocycles. The van der Waals surface area contributed by atoms with Gasteiger partial charge in [0, 0.05) is 12.8 Å². The van der Waals surface area contributed by atoms with E-state index < -0.39 is 21.9 Å². The van der Waals surface area contributed by atoms with Crippen LogP contribution in [-0.4, -0.2) is 21.8 Å². The van der Waals surface area contributed by atoms with Crippen molar-refractivity contribution in [1.82, 2.24) is 0 Å². The number of nitro groups is 2. The lowest BCUT2D eigenvalue weighted by Crippen LogP contribution is -2.39. The van der Waals surface area contributed by atoms with E-state index >= 15 is 0 Å². The second-order valence-electron chi connectivity index (χ2n) is 3.38. The van der Waals surface area contributed by atoms with E-state index in [4.69, 9.17) is 0 Å². The second-order valence-corrected chi connectivity index (χ2v) is 3.38. The van der Waals surface area contributed by atoms with E-state index in [1.165, 1.54) is 0 Å². The van der Waals surface area contributed by atoms with Crippen LogP contribution in [-0.2, 0) is 4.79 Å². The third-order valence-electron chi connectivity index (χ3n) is 2.37. The van der Waals surface area contributed by atoms with Gasteiger partial charge in [-0.2, -0.15) is 0 Å². The smallest absolute Gasteiger partial charge is 0.300 e. The van der Waals surface area contributed by atoms with Crippen LogP contribution in [0.4, 0.5) is 0 Å². The topological polar surface area (TPSA) is 103 Å². The lowest BCUT2D eigenvalue weighted by atomic mass is 9.86. The Labute approximate surface area is 79.4 Å². The molecule has 0 aliphatic heterocycles. The first-order valence-corrected chi connectivity index (χ1v) is 4.31. The Morgan fingerprint density at radius 1 is 1.29 bits per heavy atom. The fourth-order valence-corrected chi connectivity index (χ4v) is 1.73. The van der Waals surface area contributed by atoms with Crippen molar-refractivity contribution in [2.24, 2.45) is 5.92 Å². The summed E-state index contributed by atoms with van der Waals surface area (Å²) < 4.78 is 0. The monoisotopic (exact) mass is 202 g/mol. The molecule has 0 spiro atoms. The molecule has 0 saturated heterocycles. The first-order chi connectivity index (χ1) is 6.52. The van der Waals surface area contributed by atoms with E-state index in [1.54, 1.807) is 0 Å². The van der Waals surface area contributed by atoms with Gasteiger partial charge in [-0.3, -0.25) is 25.0 Å². The fraction of sp³-hybridized carbons (Fsp3) is 0.857. The number of Topliss-reactive ketones (excluding diaryl/α,β-unsaturated/α-hetero) is 1.